The van der Waals surface area contributed by atoms with E-state index in [1.54, 1.807) is 30.3 Å². The molecule has 2 rings (SSSR count). The second-order valence-electron chi connectivity index (χ2n) is 5.23. The molecule has 1 unspecified atom stereocenters. The third kappa shape index (κ3) is 4.88. The molecule has 2 aromatic rings. The highest BCUT2D eigenvalue weighted by molar-refractivity contribution is 6.43. The largest absolute Gasteiger partial charge is 0.331 e. The van der Waals surface area contributed by atoms with Gasteiger partial charge in [-0.05, 0) is 36.8 Å². The first-order valence-electron chi connectivity index (χ1n) is 7.26. The number of carbonyl (C=O) groups is 2. The normalized spacial score (nSPS) is 11.5. The van der Waals surface area contributed by atoms with Gasteiger partial charge in [0.1, 0.15) is 0 Å². The number of hydrogen-bond donors (Lipinski definition) is 3. The van der Waals surface area contributed by atoms with Gasteiger partial charge >= 0.3 is 6.03 Å². The molecule has 0 spiro atoms. The maximum atomic E-state index is 12.1. The van der Waals surface area contributed by atoms with Crippen LogP contribution in [0.5, 0.6) is 0 Å². The molecule has 2 aromatic carbocycles. The maximum Gasteiger partial charge on any atom is 0.319 e. The zero-order chi connectivity index (χ0) is 17.7. The Morgan fingerprint density at radius 3 is 2.46 bits per heavy atom. The number of urea groups is 1. The van der Waals surface area contributed by atoms with E-state index in [1.165, 1.54) is 6.92 Å². The van der Waals surface area contributed by atoms with Crippen LogP contribution in [0.2, 0.25) is 10.0 Å². The number of anilines is 2. The Hall–Kier alpha value is -2.24. The molecule has 0 fully saturated rings. The van der Waals surface area contributed by atoms with E-state index in [1.807, 2.05) is 19.1 Å². The van der Waals surface area contributed by atoms with Gasteiger partial charge in [-0.3, -0.25) is 4.79 Å². The molecule has 3 amide bonds. The molecule has 24 heavy (non-hydrogen) atoms. The van der Waals surface area contributed by atoms with E-state index in [4.69, 9.17) is 23.2 Å². The monoisotopic (exact) mass is 365 g/mol. The fourth-order valence-electron chi connectivity index (χ4n) is 2.13. The second kappa shape index (κ2) is 8.04. The van der Waals surface area contributed by atoms with Crippen molar-refractivity contribution < 1.29 is 9.59 Å². The van der Waals surface area contributed by atoms with Gasteiger partial charge in [0.05, 0.1) is 21.8 Å². The van der Waals surface area contributed by atoms with Crippen LogP contribution in [0.1, 0.15) is 25.5 Å². The summed E-state index contributed by atoms with van der Waals surface area (Å²) in [7, 11) is 0. The summed E-state index contributed by atoms with van der Waals surface area (Å²) >= 11 is 12.0. The van der Waals surface area contributed by atoms with Crippen molar-refractivity contribution in [1.82, 2.24) is 5.32 Å². The minimum absolute atomic E-state index is 0.152. The van der Waals surface area contributed by atoms with E-state index in [0.717, 1.165) is 5.56 Å². The summed E-state index contributed by atoms with van der Waals surface area (Å²) in [6.07, 6.45) is 0. The highest BCUT2D eigenvalue weighted by atomic mass is 35.5. The molecule has 1 atom stereocenters. The van der Waals surface area contributed by atoms with Gasteiger partial charge in [0.2, 0.25) is 5.91 Å². The fourth-order valence-corrected chi connectivity index (χ4v) is 2.48. The van der Waals surface area contributed by atoms with Crippen LogP contribution >= 0.6 is 23.2 Å². The highest BCUT2D eigenvalue weighted by Gasteiger charge is 2.12. The van der Waals surface area contributed by atoms with Gasteiger partial charge in [0, 0.05) is 12.6 Å². The first kappa shape index (κ1) is 18.1. The Labute approximate surface area is 150 Å². The smallest absolute Gasteiger partial charge is 0.319 e. The van der Waals surface area contributed by atoms with Crippen molar-refractivity contribution in [3.05, 3.63) is 58.1 Å². The molecule has 0 saturated carbocycles. The van der Waals surface area contributed by atoms with Crippen molar-refractivity contribution in [3.63, 3.8) is 0 Å². The SMILES string of the molecule is CC(=O)Nc1cccc(C(C)NC(=O)Nc2cccc(Cl)c2Cl)c1. The van der Waals surface area contributed by atoms with Crippen molar-refractivity contribution in [2.45, 2.75) is 19.9 Å². The van der Waals surface area contributed by atoms with Gasteiger partial charge in [-0.2, -0.15) is 0 Å². The highest BCUT2D eigenvalue weighted by Crippen LogP contribution is 2.29. The maximum absolute atomic E-state index is 12.1. The lowest BCUT2D eigenvalue weighted by atomic mass is 10.1. The zero-order valence-electron chi connectivity index (χ0n) is 13.2. The first-order chi connectivity index (χ1) is 11.4. The summed E-state index contributed by atoms with van der Waals surface area (Å²) in [5.74, 6) is -0.152. The number of carbonyl (C=O) groups excluding carboxylic acids is 2. The number of halogens is 2. The zero-order valence-corrected chi connectivity index (χ0v) is 14.7. The predicted molar refractivity (Wildman–Crippen MR) is 97.8 cm³/mol. The van der Waals surface area contributed by atoms with Crippen LogP contribution in [-0.2, 0) is 4.79 Å². The molecular formula is C17H17Cl2N3O2. The molecule has 0 saturated heterocycles. The average molecular weight is 366 g/mol. The topological polar surface area (TPSA) is 70.2 Å². The summed E-state index contributed by atoms with van der Waals surface area (Å²) in [5.41, 5.74) is 1.96. The standard InChI is InChI=1S/C17H17Cl2N3O2/c1-10(12-5-3-6-13(9-12)21-11(2)23)20-17(24)22-15-8-4-7-14(18)16(15)19/h3-10H,1-2H3,(H,21,23)(H2,20,22,24). The number of nitrogens with one attached hydrogen (secondary N) is 3. The molecule has 3 N–H and O–H groups in total. The van der Waals surface area contributed by atoms with Crippen molar-refractivity contribution >= 4 is 46.5 Å². The predicted octanol–water partition coefficient (Wildman–Crippen LogP) is 4.83. The molecule has 0 aliphatic rings. The molecule has 0 bridgehead atoms. The van der Waals surface area contributed by atoms with Crippen molar-refractivity contribution in [2.24, 2.45) is 0 Å². The summed E-state index contributed by atoms with van der Waals surface area (Å²) in [5, 5.41) is 8.83. The Bertz CT molecular complexity index is 765. The Kier molecular flexibility index (Phi) is 6.06. The van der Waals surface area contributed by atoms with Crippen LogP contribution in [0.3, 0.4) is 0 Å². The second-order valence-corrected chi connectivity index (χ2v) is 6.01. The van der Waals surface area contributed by atoms with Gasteiger partial charge in [0.25, 0.3) is 0 Å². The minimum atomic E-state index is -0.406. The van der Waals surface area contributed by atoms with Crippen LogP contribution in [0.25, 0.3) is 0 Å². The van der Waals surface area contributed by atoms with E-state index < -0.39 is 6.03 Å². The van der Waals surface area contributed by atoms with Gasteiger partial charge in [0.15, 0.2) is 0 Å². The molecule has 0 aliphatic carbocycles. The van der Waals surface area contributed by atoms with Crippen LogP contribution in [0.15, 0.2) is 42.5 Å². The summed E-state index contributed by atoms with van der Waals surface area (Å²) < 4.78 is 0. The minimum Gasteiger partial charge on any atom is -0.331 e. The molecule has 0 aliphatic heterocycles. The number of hydrogen-bond acceptors (Lipinski definition) is 2. The van der Waals surface area contributed by atoms with Crippen molar-refractivity contribution in [1.29, 1.82) is 0 Å². The third-order valence-corrected chi connectivity index (χ3v) is 4.07. The number of rotatable bonds is 4. The van der Waals surface area contributed by atoms with Crippen LogP contribution < -0.4 is 16.0 Å². The molecule has 5 nitrogen and oxygen atoms in total. The van der Waals surface area contributed by atoms with E-state index in [-0.39, 0.29) is 17.0 Å². The number of amides is 3. The van der Waals surface area contributed by atoms with Gasteiger partial charge in [-0.1, -0.05) is 41.4 Å². The lowest BCUT2D eigenvalue weighted by Gasteiger charge is -2.16. The third-order valence-electron chi connectivity index (χ3n) is 3.25. The van der Waals surface area contributed by atoms with Gasteiger partial charge < -0.3 is 16.0 Å². The Morgan fingerprint density at radius 1 is 1.04 bits per heavy atom. The fraction of sp³-hybridized carbons (Fsp3) is 0.176. The lowest BCUT2D eigenvalue weighted by molar-refractivity contribution is -0.114. The Morgan fingerprint density at radius 2 is 1.75 bits per heavy atom. The lowest BCUT2D eigenvalue weighted by Crippen LogP contribution is -2.31. The van der Waals surface area contributed by atoms with Crippen molar-refractivity contribution in [3.8, 4) is 0 Å². The van der Waals surface area contributed by atoms with Crippen LogP contribution in [0.4, 0.5) is 16.2 Å². The summed E-state index contributed by atoms with van der Waals surface area (Å²) in [6, 6.07) is 11.6. The van der Waals surface area contributed by atoms with E-state index >= 15 is 0 Å². The van der Waals surface area contributed by atoms with Gasteiger partial charge in [-0.15, -0.1) is 0 Å². The Balaban J connectivity index is 2.03. The average Bonchev–Trinajstić information content (AvgIpc) is 2.51. The summed E-state index contributed by atoms with van der Waals surface area (Å²) in [6.45, 7) is 3.28. The van der Waals surface area contributed by atoms with E-state index in [9.17, 15) is 9.59 Å². The van der Waals surface area contributed by atoms with E-state index in [2.05, 4.69) is 16.0 Å². The summed E-state index contributed by atoms with van der Waals surface area (Å²) in [4.78, 5) is 23.2. The van der Waals surface area contributed by atoms with Crippen LogP contribution in [0, 0.1) is 0 Å². The quantitative estimate of drug-likeness (QED) is 0.725. The number of benzene rings is 2. The van der Waals surface area contributed by atoms with Crippen molar-refractivity contribution in [2.75, 3.05) is 10.6 Å². The van der Waals surface area contributed by atoms with Gasteiger partial charge in [-0.25, -0.2) is 4.79 Å². The molecule has 7 heteroatoms. The molecule has 0 heterocycles. The molecular weight excluding hydrogens is 349 g/mol. The van der Waals surface area contributed by atoms with Crippen LogP contribution in [-0.4, -0.2) is 11.9 Å². The molecule has 0 aromatic heterocycles. The molecule has 126 valence electrons. The first-order valence-corrected chi connectivity index (χ1v) is 8.01. The van der Waals surface area contributed by atoms with E-state index in [0.29, 0.717) is 16.4 Å². The molecule has 0 radical (unpaired) electrons.